The minimum absolute atomic E-state index is 0.0674. The van der Waals surface area contributed by atoms with Gasteiger partial charge in [0.25, 0.3) is 0 Å². The second kappa shape index (κ2) is 10.0. The molecule has 8 atom stereocenters. The zero-order valence-electron chi connectivity index (χ0n) is 23.5. The summed E-state index contributed by atoms with van der Waals surface area (Å²) in [4.78, 5) is 13.1. The average Bonchev–Trinajstić information content (AvgIpc) is 2.89. The topological polar surface area (TPSA) is 251 Å². The molecule has 0 bridgehead atoms. The Hall–Kier alpha value is -3.47. The molecular formula is C29H34O14. The molecule has 2 aliphatic rings. The predicted octanol–water partition coefficient (Wildman–Crippen LogP) is 0.0504. The molecule has 43 heavy (non-hydrogen) atoms. The van der Waals surface area contributed by atoms with Gasteiger partial charge in [0.2, 0.25) is 5.79 Å². The summed E-state index contributed by atoms with van der Waals surface area (Å²) >= 11 is 0. The Bertz CT molecular complexity index is 1630. The van der Waals surface area contributed by atoms with Crippen LogP contribution < -0.4 is 5.43 Å². The Balaban J connectivity index is 1.57. The lowest BCUT2D eigenvalue weighted by Gasteiger charge is -2.59. The van der Waals surface area contributed by atoms with Crippen molar-refractivity contribution in [3.05, 3.63) is 46.1 Å². The van der Waals surface area contributed by atoms with Crippen LogP contribution in [0, 0.1) is 5.92 Å². The number of ether oxygens (including phenoxy) is 2. The molecule has 2 saturated heterocycles. The van der Waals surface area contributed by atoms with Crippen molar-refractivity contribution < 1.29 is 65.0 Å². The molecule has 0 radical (unpaired) electrons. The number of hydrogen-bond donors (Lipinski definition) is 10. The molecule has 0 spiro atoms. The number of hydrogen-bond acceptors (Lipinski definition) is 14. The molecule has 2 fully saturated rings. The highest BCUT2D eigenvalue weighted by Gasteiger charge is 2.67. The Labute approximate surface area is 243 Å². The molecule has 2 unspecified atom stereocenters. The van der Waals surface area contributed by atoms with Gasteiger partial charge in [-0.05, 0) is 45.9 Å². The molecule has 10 N–H and O–H groups in total. The third-order valence-electron chi connectivity index (χ3n) is 8.39. The van der Waals surface area contributed by atoms with Crippen molar-refractivity contribution in [3.8, 4) is 34.3 Å². The van der Waals surface area contributed by atoms with Gasteiger partial charge in [-0.25, -0.2) is 0 Å². The summed E-state index contributed by atoms with van der Waals surface area (Å²) < 4.78 is 17.3. The van der Waals surface area contributed by atoms with E-state index in [1.807, 2.05) is 0 Å². The first-order valence-corrected chi connectivity index (χ1v) is 13.4. The van der Waals surface area contributed by atoms with E-state index in [0.717, 1.165) is 18.2 Å². The fourth-order valence-electron chi connectivity index (χ4n) is 6.25. The third kappa shape index (κ3) is 4.71. The maximum Gasteiger partial charge on any atom is 0.203 e. The van der Waals surface area contributed by atoms with Crippen LogP contribution in [0.4, 0.5) is 0 Å². The molecule has 0 amide bonds. The molecule has 3 heterocycles. The second-order valence-electron chi connectivity index (χ2n) is 12.1. The van der Waals surface area contributed by atoms with Gasteiger partial charge in [-0.15, -0.1) is 0 Å². The van der Waals surface area contributed by atoms with Crippen LogP contribution in [-0.2, 0) is 9.47 Å². The molecule has 2 aromatic carbocycles. The maximum absolute atomic E-state index is 13.1. The van der Waals surface area contributed by atoms with E-state index >= 15 is 0 Å². The average molecular weight is 607 g/mol. The SMILES string of the molecule is CC1(C)OC(c2c(O)cc3oc(-c4ccc(O)c(O)c4)cc(=O)c3c2O)[C@@H](O)[C@H](O)C1[C@]1(O)OC(C)(C)[C@@H](O)[C@@H](O)[C@@H]1O. The molecule has 2 aliphatic heterocycles. The van der Waals surface area contributed by atoms with Gasteiger partial charge in [0, 0.05) is 17.7 Å². The van der Waals surface area contributed by atoms with Gasteiger partial charge in [-0.1, -0.05) is 0 Å². The summed E-state index contributed by atoms with van der Waals surface area (Å²) in [5.74, 6) is -6.90. The molecule has 14 heteroatoms. The number of phenols is 4. The quantitative estimate of drug-likeness (QED) is 0.177. The molecule has 0 saturated carbocycles. The Morgan fingerprint density at radius 1 is 0.744 bits per heavy atom. The monoisotopic (exact) mass is 606 g/mol. The molecule has 0 aliphatic carbocycles. The molecular weight excluding hydrogens is 572 g/mol. The van der Waals surface area contributed by atoms with Crippen molar-refractivity contribution in [2.75, 3.05) is 0 Å². The van der Waals surface area contributed by atoms with Crippen LogP contribution in [0.5, 0.6) is 23.0 Å². The van der Waals surface area contributed by atoms with E-state index in [9.17, 15) is 55.9 Å². The van der Waals surface area contributed by atoms with Crippen LogP contribution in [0.25, 0.3) is 22.3 Å². The molecule has 234 valence electrons. The van der Waals surface area contributed by atoms with Gasteiger partial charge in [0.1, 0.15) is 58.7 Å². The minimum Gasteiger partial charge on any atom is -0.507 e. The van der Waals surface area contributed by atoms with E-state index in [-0.39, 0.29) is 16.9 Å². The first kappa shape index (κ1) is 31.0. The van der Waals surface area contributed by atoms with E-state index in [1.165, 1.54) is 39.8 Å². The van der Waals surface area contributed by atoms with Crippen LogP contribution in [0.1, 0.15) is 39.4 Å². The lowest BCUT2D eigenvalue weighted by atomic mass is 9.68. The lowest BCUT2D eigenvalue weighted by Crippen LogP contribution is -2.76. The van der Waals surface area contributed by atoms with Crippen molar-refractivity contribution in [2.24, 2.45) is 5.92 Å². The number of fused-ring (bicyclic) bond motifs is 1. The fourth-order valence-corrected chi connectivity index (χ4v) is 6.25. The highest BCUT2D eigenvalue weighted by atomic mass is 16.7. The van der Waals surface area contributed by atoms with Crippen LogP contribution >= 0.6 is 0 Å². The maximum atomic E-state index is 13.1. The molecule has 3 aromatic rings. The first-order valence-electron chi connectivity index (χ1n) is 13.4. The van der Waals surface area contributed by atoms with E-state index in [2.05, 4.69) is 0 Å². The Morgan fingerprint density at radius 3 is 2.02 bits per heavy atom. The zero-order chi connectivity index (χ0) is 32.0. The van der Waals surface area contributed by atoms with Crippen molar-refractivity contribution >= 4 is 11.0 Å². The highest BCUT2D eigenvalue weighted by molar-refractivity contribution is 5.88. The smallest absolute Gasteiger partial charge is 0.203 e. The van der Waals surface area contributed by atoms with Gasteiger partial charge in [0.05, 0.1) is 28.8 Å². The third-order valence-corrected chi connectivity index (χ3v) is 8.39. The van der Waals surface area contributed by atoms with Gasteiger partial charge >= 0.3 is 0 Å². The summed E-state index contributed by atoms with van der Waals surface area (Å²) in [6.07, 6.45) is -11.4. The number of benzene rings is 2. The highest BCUT2D eigenvalue weighted by Crippen LogP contribution is 2.53. The fraction of sp³-hybridized carbons (Fsp3) is 0.483. The van der Waals surface area contributed by atoms with Crippen LogP contribution in [-0.4, -0.2) is 98.6 Å². The Kier molecular flexibility index (Phi) is 7.23. The first-order chi connectivity index (χ1) is 19.8. The number of aliphatic hydroxyl groups excluding tert-OH is 5. The van der Waals surface area contributed by atoms with Crippen molar-refractivity contribution in [2.45, 2.75) is 81.3 Å². The number of aromatic hydroxyl groups is 4. The number of rotatable bonds is 3. The number of phenolic OH excluding ortho intramolecular Hbond substituents is 4. The van der Waals surface area contributed by atoms with Crippen molar-refractivity contribution in [1.29, 1.82) is 0 Å². The van der Waals surface area contributed by atoms with E-state index in [1.54, 1.807) is 0 Å². The summed E-state index contributed by atoms with van der Waals surface area (Å²) in [6.45, 7) is 5.40. The normalized spacial score (nSPS) is 33.9. The van der Waals surface area contributed by atoms with E-state index in [4.69, 9.17) is 13.9 Å². The second-order valence-corrected chi connectivity index (χ2v) is 12.1. The standard InChI is InChI=1S/C29H34O14/c1-27(2)24(29(40)26(39)22(37)25(38)28(3,4)43-29)21(36)20(35)23(42-27)18-14(33)9-16-17(19(18)34)13(32)8-15(41-16)10-5-6-11(30)12(31)7-10/h5-9,20-26,30-31,33-40H,1-4H3/t20-,21-,22+,23?,24?,25-,26-,29-/m0/s1. The summed E-state index contributed by atoms with van der Waals surface area (Å²) in [7, 11) is 0. The summed E-state index contributed by atoms with van der Waals surface area (Å²) in [5.41, 5.74) is -4.69. The van der Waals surface area contributed by atoms with E-state index < -0.39 is 98.9 Å². The predicted molar refractivity (Wildman–Crippen MR) is 146 cm³/mol. The Morgan fingerprint density at radius 2 is 1.40 bits per heavy atom. The van der Waals surface area contributed by atoms with E-state index in [0.29, 0.717) is 0 Å². The largest absolute Gasteiger partial charge is 0.507 e. The zero-order valence-corrected chi connectivity index (χ0v) is 23.5. The van der Waals surface area contributed by atoms with Gasteiger partial charge in [0.15, 0.2) is 16.9 Å². The van der Waals surface area contributed by atoms with Crippen molar-refractivity contribution in [3.63, 3.8) is 0 Å². The minimum atomic E-state index is -2.76. The van der Waals surface area contributed by atoms with Crippen molar-refractivity contribution in [1.82, 2.24) is 0 Å². The van der Waals surface area contributed by atoms with Gasteiger partial charge in [-0.3, -0.25) is 4.79 Å². The summed E-state index contributed by atoms with van der Waals surface area (Å²) in [6, 6.07) is 5.66. The summed E-state index contributed by atoms with van der Waals surface area (Å²) in [5, 5.41) is 107. The van der Waals surface area contributed by atoms with Crippen LogP contribution in [0.3, 0.4) is 0 Å². The molecule has 14 nitrogen and oxygen atoms in total. The van der Waals surface area contributed by atoms with Gasteiger partial charge in [-0.2, -0.15) is 0 Å². The molecule has 5 rings (SSSR count). The van der Waals surface area contributed by atoms with Crippen LogP contribution in [0.15, 0.2) is 39.5 Å². The number of aliphatic hydroxyl groups is 6. The van der Waals surface area contributed by atoms with Crippen LogP contribution in [0.2, 0.25) is 0 Å². The lowest BCUT2D eigenvalue weighted by molar-refractivity contribution is -0.422. The molecule has 1 aromatic heterocycles. The van der Waals surface area contributed by atoms with Gasteiger partial charge < -0.3 is 65.0 Å².